The van der Waals surface area contributed by atoms with Crippen LogP contribution in [0.1, 0.15) is 54.1 Å². The highest BCUT2D eigenvalue weighted by Crippen LogP contribution is 2.24. The van der Waals surface area contributed by atoms with Crippen LogP contribution in [0.25, 0.3) is 0 Å². The molecule has 1 amide bonds. The van der Waals surface area contributed by atoms with Crippen molar-refractivity contribution in [1.29, 1.82) is 0 Å². The van der Waals surface area contributed by atoms with Gasteiger partial charge < -0.3 is 10.4 Å². The van der Waals surface area contributed by atoms with Crippen molar-refractivity contribution >= 4 is 5.91 Å². The average Bonchev–Trinajstić information content (AvgIpc) is 2.48. The first-order valence-corrected chi connectivity index (χ1v) is 7.63. The highest BCUT2D eigenvalue weighted by Gasteiger charge is 2.23. The molecule has 2 unspecified atom stereocenters. The lowest BCUT2D eigenvalue weighted by molar-refractivity contribution is 0.0910. The predicted octanol–water partition coefficient (Wildman–Crippen LogP) is 2.65. The second kappa shape index (κ2) is 7.28. The van der Waals surface area contributed by atoms with Gasteiger partial charge in [0, 0.05) is 17.2 Å². The Balaban J connectivity index is 2.11. The summed E-state index contributed by atoms with van der Waals surface area (Å²) in [5.41, 5.74) is 2.45. The lowest BCUT2D eigenvalue weighted by atomic mass is 9.86. The molecule has 0 spiro atoms. The molecule has 3 nitrogen and oxygen atoms in total. The fraction of sp³-hybridized carbons (Fsp3) is 0.500. The van der Waals surface area contributed by atoms with Crippen LogP contribution in [0.5, 0.6) is 0 Å². The van der Waals surface area contributed by atoms with E-state index >= 15 is 0 Å². The normalized spacial score (nSPS) is 21.3. The summed E-state index contributed by atoms with van der Waals surface area (Å²) in [6.45, 7) is 3.99. The van der Waals surface area contributed by atoms with Crippen LogP contribution in [-0.4, -0.2) is 23.7 Å². The molecular formula is C18H23NO2. The molecule has 0 radical (unpaired) electrons. The number of aliphatic hydroxyl groups is 1. The van der Waals surface area contributed by atoms with E-state index in [9.17, 15) is 4.79 Å². The number of nitrogens with one attached hydrogen (secondary N) is 1. The van der Waals surface area contributed by atoms with E-state index in [1.54, 1.807) is 6.07 Å². The van der Waals surface area contributed by atoms with Crippen LogP contribution in [0.15, 0.2) is 18.2 Å². The fourth-order valence-corrected chi connectivity index (χ4v) is 2.82. The second-order valence-corrected chi connectivity index (χ2v) is 5.83. The summed E-state index contributed by atoms with van der Waals surface area (Å²) in [6, 6.07) is 5.82. The monoisotopic (exact) mass is 285 g/mol. The number of carbonyl (C=O) groups is 1. The van der Waals surface area contributed by atoms with Crippen LogP contribution in [0.4, 0.5) is 0 Å². The topological polar surface area (TPSA) is 49.3 Å². The van der Waals surface area contributed by atoms with E-state index in [1.165, 1.54) is 19.3 Å². The number of carbonyl (C=O) groups excluding carboxylic acids is 1. The van der Waals surface area contributed by atoms with Gasteiger partial charge in [-0.3, -0.25) is 4.79 Å². The smallest absolute Gasteiger partial charge is 0.251 e. The van der Waals surface area contributed by atoms with Gasteiger partial charge in [-0.2, -0.15) is 0 Å². The minimum absolute atomic E-state index is 0.0270. The molecule has 0 aliphatic heterocycles. The summed E-state index contributed by atoms with van der Waals surface area (Å²) in [5, 5.41) is 11.9. The zero-order valence-electron chi connectivity index (χ0n) is 12.8. The standard InChI is InChI=1S/C18H23NO2/c1-13-9-10-16(12-15(13)7-5-11-20)18(21)19-17-8-4-3-6-14(17)2/h9-10,12,14,17,20H,3-4,6,8,11H2,1-2H3,(H,19,21). The van der Waals surface area contributed by atoms with Crippen molar-refractivity contribution in [3.8, 4) is 11.8 Å². The molecule has 1 aromatic carbocycles. The number of aliphatic hydroxyl groups excluding tert-OH is 1. The SMILES string of the molecule is Cc1ccc(C(=O)NC2CCCCC2C)cc1C#CCO. The van der Waals surface area contributed by atoms with Crippen LogP contribution in [0.3, 0.4) is 0 Å². The third-order valence-electron chi connectivity index (χ3n) is 4.23. The molecule has 0 saturated heterocycles. The number of amides is 1. The summed E-state index contributed by atoms with van der Waals surface area (Å²) in [4.78, 5) is 12.4. The van der Waals surface area contributed by atoms with Gasteiger partial charge in [0.05, 0.1) is 0 Å². The lowest BCUT2D eigenvalue weighted by Crippen LogP contribution is -2.41. The first kappa shape index (κ1) is 15.6. The van der Waals surface area contributed by atoms with E-state index in [2.05, 4.69) is 24.1 Å². The van der Waals surface area contributed by atoms with E-state index in [0.717, 1.165) is 17.5 Å². The number of aryl methyl sites for hydroxylation is 1. The number of rotatable bonds is 2. The first-order chi connectivity index (χ1) is 10.1. The molecule has 0 bridgehead atoms. The summed E-state index contributed by atoms with van der Waals surface area (Å²) in [6.07, 6.45) is 4.71. The van der Waals surface area contributed by atoms with Crippen molar-refractivity contribution in [3.63, 3.8) is 0 Å². The van der Waals surface area contributed by atoms with Gasteiger partial charge in [-0.15, -0.1) is 0 Å². The van der Waals surface area contributed by atoms with Crippen LogP contribution in [0, 0.1) is 24.7 Å². The Hall–Kier alpha value is -1.79. The van der Waals surface area contributed by atoms with Gasteiger partial charge in [-0.1, -0.05) is 37.7 Å². The van der Waals surface area contributed by atoms with Crippen LogP contribution in [0.2, 0.25) is 0 Å². The lowest BCUT2D eigenvalue weighted by Gasteiger charge is -2.29. The molecule has 2 N–H and O–H groups in total. The fourth-order valence-electron chi connectivity index (χ4n) is 2.82. The third-order valence-corrected chi connectivity index (χ3v) is 4.23. The summed E-state index contributed by atoms with van der Waals surface area (Å²) in [7, 11) is 0. The maximum Gasteiger partial charge on any atom is 0.251 e. The molecule has 0 heterocycles. The molecule has 21 heavy (non-hydrogen) atoms. The number of hydrogen-bond donors (Lipinski definition) is 2. The van der Waals surface area contributed by atoms with Gasteiger partial charge in [0.15, 0.2) is 0 Å². The van der Waals surface area contributed by atoms with E-state index in [0.29, 0.717) is 11.5 Å². The molecule has 2 atom stereocenters. The molecule has 1 fully saturated rings. The Morgan fingerprint density at radius 3 is 2.86 bits per heavy atom. The molecule has 2 rings (SSSR count). The summed E-state index contributed by atoms with van der Waals surface area (Å²) >= 11 is 0. The Morgan fingerprint density at radius 2 is 2.14 bits per heavy atom. The molecule has 1 saturated carbocycles. The molecule has 0 aromatic heterocycles. The Labute approximate surface area is 126 Å². The van der Waals surface area contributed by atoms with Crippen molar-refractivity contribution in [1.82, 2.24) is 5.32 Å². The highest BCUT2D eigenvalue weighted by atomic mass is 16.2. The van der Waals surface area contributed by atoms with E-state index < -0.39 is 0 Å². The minimum atomic E-state index is -0.171. The minimum Gasteiger partial charge on any atom is -0.384 e. The zero-order chi connectivity index (χ0) is 15.2. The van der Waals surface area contributed by atoms with Gasteiger partial charge in [-0.25, -0.2) is 0 Å². The number of hydrogen-bond acceptors (Lipinski definition) is 2. The van der Waals surface area contributed by atoms with Gasteiger partial charge >= 0.3 is 0 Å². The largest absolute Gasteiger partial charge is 0.384 e. The van der Waals surface area contributed by atoms with Crippen molar-refractivity contribution in [2.45, 2.75) is 45.6 Å². The zero-order valence-corrected chi connectivity index (χ0v) is 12.8. The molecule has 112 valence electrons. The summed E-state index contributed by atoms with van der Waals surface area (Å²) in [5.74, 6) is 6.04. The maximum absolute atomic E-state index is 12.4. The highest BCUT2D eigenvalue weighted by molar-refractivity contribution is 5.94. The van der Waals surface area contributed by atoms with E-state index in [1.807, 2.05) is 19.1 Å². The van der Waals surface area contributed by atoms with E-state index in [-0.39, 0.29) is 18.6 Å². The molecule has 3 heteroatoms. The van der Waals surface area contributed by atoms with Gasteiger partial charge in [0.2, 0.25) is 0 Å². The predicted molar refractivity (Wildman–Crippen MR) is 84.0 cm³/mol. The molecule has 1 aliphatic carbocycles. The Kier molecular flexibility index (Phi) is 5.41. The van der Waals surface area contributed by atoms with Gasteiger partial charge in [-0.05, 0) is 43.4 Å². The van der Waals surface area contributed by atoms with Crippen molar-refractivity contribution in [2.24, 2.45) is 5.92 Å². The van der Waals surface area contributed by atoms with Crippen LogP contribution < -0.4 is 5.32 Å². The van der Waals surface area contributed by atoms with Gasteiger partial charge in [0.1, 0.15) is 6.61 Å². The van der Waals surface area contributed by atoms with Gasteiger partial charge in [0.25, 0.3) is 5.91 Å². The molecule has 1 aliphatic rings. The van der Waals surface area contributed by atoms with Crippen molar-refractivity contribution < 1.29 is 9.90 Å². The average molecular weight is 285 g/mol. The first-order valence-electron chi connectivity index (χ1n) is 7.63. The molecular weight excluding hydrogens is 262 g/mol. The number of benzene rings is 1. The van der Waals surface area contributed by atoms with Crippen LogP contribution >= 0.6 is 0 Å². The Morgan fingerprint density at radius 1 is 1.38 bits per heavy atom. The summed E-state index contributed by atoms with van der Waals surface area (Å²) < 4.78 is 0. The quantitative estimate of drug-likeness (QED) is 0.821. The maximum atomic E-state index is 12.4. The Bertz CT molecular complexity index is 568. The molecule has 1 aromatic rings. The van der Waals surface area contributed by atoms with Crippen molar-refractivity contribution in [2.75, 3.05) is 6.61 Å². The van der Waals surface area contributed by atoms with Crippen LogP contribution in [-0.2, 0) is 0 Å². The third kappa shape index (κ3) is 4.09. The second-order valence-electron chi connectivity index (χ2n) is 5.83. The van der Waals surface area contributed by atoms with E-state index in [4.69, 9.17) is 5.11 Å². The van der Waals surface area contributed by atoms with Crippen molar-refractivity contribution in [3.05, 3.63) is 34.9 Å².